The summed E-state index contributed by atoms with van der Waals surface area (Å²) in [5.41, 5.74) is 0.260. The molecule has 1 N–H and O–H groups in total. The molecule has 0 saturated carbocycles. The molecule has 1 aromatic rings. The van der Waals surface area contributed by atoms with Crippen LogP contribution in [0, 0.1) is 17.7 Å². The summed E-state index contributed by atoms with van der Waals surface area (Å²) in [6.07, 6.45) is 2.56. The van der Waals surface area contributed by atoms with E-state index in [-0.39, 0.29) is 29.5 Å². The van der Waals surface area contributed by atoms with Crippen molar-refractivity contribution in [1.82, 2.24) is 15.1 Å². The molecule has 2 fully saturated rings. The maximum Gasteiger partial charge on any atom is 0.293 e. The molecular weight excluding hydrogens is 393 g/mol. The van der Waals surface area contributed by atoms with E-state index in [1.54, 1.807) is 18.2 Å². The summed E-state index contributed by atoms with van der Waals surface area (Å²) in [7, 11) is 0. The molecule has 0 aromatic heterocycles. The van der Waals surface area contributed by atoms with Gasteiger partial charge in [-0.15, -0.1) is 0 Å². The van der Waals surface area contributed by atoms with Crippen LogP contribution in [0.2, 0.25) is 0 Å². The number of hydrogen-bond donors (Lipinski definition) is 1. The fourth-order valence-corrected chi connectivity index (χ4v) is 4.77. The Hall–Kier alpha value is -2.19. The largest absolute Gasteiger partial charge is 0.353 e. The van der Waals surface area contributed by atoms with E-state index in [0.717, 1.165) is 29.8 Å². The fraction of sp³-hybridized carbons (Fsp3) is 0.476. The van der Waals surface area contributed by atoms with Crippen LogP contribution in [0.15, 0.2) is 29.2 Å². The normalized spacial score (nSPS) is 24.4. The van der Waals surface area contributed by atoms with Gasteiger partial charge in [-0.05, 0) is 42.2 Å². The van der Waals surface area contributed by atoms with Gasteiger partial charge in [0.1, 0.15) is 5.82 Å². The lowest BCUT2D eigenvalue weighted by atomic mass is 9.92. The van der Waals surface area contributed by atoms with E-state index in [9.17, 15) is 18.8 Å². The van der Waals surface area contributed by atoms with Gasteiger partial charge in [-0.2, -0.15) is 0 Å². The average molecular weight is 420 g/mol. The summed E-state index contributed by atoms with van der Waals surface area (Å²) >= 11 is 0.784. The first kappa shape index (κ1) is 21.5. The van der Waals surface area contributed by atoms with E-state index in [1.165, 1.54) is 18.6 Å². The number of thioether (sulfide) groups is 1. The second-order valence-corrected chi connectivity index (χ2v) is 8.84. The second kappa shape index (κ2) is 9.54. The van der Waals surface area contributed by atoms with Crippen molar-refractivity contribution >= 4 is 34.9 Å². The van der Waals surface area contributed by atoms with Crippen molar-refractivity contribution in [2.24, 2.45) is 11.8 Å². The molecule has 1 aromatic carbocycles. The van der Waals surface area contributed by atoms with Crippen molar-refractivity contribution in [2.45, 2.75) is 20.3 Å². The number of amides is 3. The van der Waals surface area contributed by atoms with Gasteiger partial charge in [-0.25, -0.2) is 4.39 Å². The molecule has 3 amide bonds. The maximum atomic E-state index is 13.8. The second-order valence-electron chi connectivity index (χ2n) is 7.84. The summed E-state index contributed by atoms with van der Waals surface area (Å²) in [6, 6.07) is 6.08. The predicted octanol–water partition coefficient (Wildman–Crippen LogP) is 2.96. The lowest BCUT2D eigenvalue weighted by molar-refractivity contribution is -0.125. The van der Waals surface area contributed by atoms with E-state index in [1.807, 2.05) is 0 Å². The summed E-state index contributed by atoms with van der Waals surface area (Å²) in [6.45, 7) is 6.80. The minimum Gasteiger partial charge on any atom is -0.353 e. The minimum atomic E-state index is -0.462. The van der Waals surface area contributed by atoms with Gasteiger partial charge in [0.15, 0.2) is 0 Å². The zero-order valence-corrected chi connectivity index (χ0v) is 17.5. The number of carbonyl (C=O) groups excluding carboxylic acids is 3. The number of halogens is 1. The first-order chi connectivity index (χ1) is 13.8. The van der Waals surface area contributed by atoms with Crippen LogP contribution in [0.1, 0.15) is 25.8 Å². The molecule has 0 radical (unpaired) electrons. The third-order valence-corrected chi connectivity index (χ3v) is 5.94. The molecule has 2 aliphatic heterocycles. The van der Waals surface area contributed by atoms with Crippen molar-refractivity contribution in [3.8, 4) is 0 Å². The first-order valence-corrected chi connectivity index (χ1v) is 10.6. The lowest BCUT2D eigenvalue weighted by Gasteiger charge is -2.34. The smallest absolute Gasteiger partial charge is 0.293 e. The van der Waals surface area contributed by atoms with Crippen molar-refractivity contribution < 1.29 is 18.8 Å². The molecule has 156 valence electrons. The lowest BCUT2D eigenvalue weighted by Crippen LogP contribution is -2.46. The number of nitrogens with zero attached hydrogens (tertiary/aromatic N) is 2. The molecular formula is C21H26FN3O3S. The molecule has 0 bridgehead atoms. The monoisotopic (exact) mass is 419 g/mol. The summed E-state index contributed by atoms with van der Waals surface area (Å²) in [5.74, 6) is 0.121. The number of nitrogens with one attached hydrogen (secondary N) is 1. The third-order valence-electron chi connectivity index (χ3n) is 5.03. The standard InChI is InChI=1S/C21H26FN3O3S/c1-14-9-15(2)12-24(11-14)13-19(26)23-7-8-25-20(27)18(29-21(25)28)10-16-5-3-4-6-17(16)22/h3-6,10,14-15H,7-9,11-13H2,1-2H3,(H,23,26)/b18-10-. The molecule has 2 unspecified atom stereocenters. The number of hydrogen-bond acceptors (Lipinski definition) is 5. The van der Waals surface area contributed by atoms with Crippen LogP contribution in [-0.2, 0) is 9.59 Å². The van der Waals surface area contributed by atoms with Crippen LogP contribution in [-0.4, -0.2) is 59.6 Å². The topological polar surface area (TPSA) is 69.7 Å². The van der Waals surface area contributed by atoms with Gasteiger partial charge in [0.2, 0.25) is 5.91 Å². The van der Waals surface area contributed by atoms with Crippen LogP contribution in [0.4, 0.5) is 9.18 Å². The Kier molecular flexibility index (Phi) is 7.08. The molecule has 29 heavy (non-hydrogen) atoms. The molecule has 8 heteroatoms. The number of likely N-dealkylation sites (tertiary alicyclic amines) is 1. The Bertz CT molecular complexity index is 819. The number of carbonyl (C=O) groups is 3. The summed E-state index contributed by atoms with van der Waals surface area (Å²) < 4.78 is 13.8. The van der Waals surface area contributed by atoms with Crippen molar-refractivity contribution in [3.05, 3.63) is 40.6 Å². The van der Waals surface area contributed by atoms with Crippen molar-refractivity contribution in [1.29, 1.82) is 0 Å². The number of rotatable bonds is 6. The molecule has 3 rings (SSSR count). The fourth-order valence-electron chi connectivity index (χ4n) is 3.91. The SMILES string of the molecule is CC1CC(C)CN(CC(=O)NCCN2C(=O)S/C(=C\c3ccccc3F)C2=O)C1. The Balaban J connectivity index is 1.49. The quantitative estimate of drug-likeness (QED) is 0.718. The van der Waals surface area contributed by atoms with Crippen LogP contribution >= 0.6 is 11.8 Å². The molecule has 6 nitrogen and oxygen atoms in total. The highest BCUT2D eigenvalue weighted by atomic mass is 32.2. The van der Waals surface area contributed by atoms with Gasteiger partial charge >= 0.3 is 0 Å². The Morgan fingerprint density at radius 2 is 1.93 bits per heavy atom. The zero-order valence-electron chi connectivity index (χ0n) is 16.7. The molecule has 2 saturated heterocycles. The van der Waals surface area contributed by atoms with Gasteiger partial charge in [0, 0.05) is 31.7 Å². The first-order valence-electron chi connectivity index (χ1n) is 9.82. The van der Waals surface area contributed by atoms with Crippen LogP contribution in [0.5, 0.6) is 0 Å². The minimum absolute atomic E-state index is 0.0951. The van der Waals surface area contributed by atoms with E-state index in [0.29, 0.717) is 18.4 Å². The molecule has 2 aliphatic rings. The van der Waals surface area contributed by atoms with E-state index >= 15 is 0 Å². The predicted molar refractivity (Wildman–Crippen MR) is 111 cm³/mol. The van der Waals surface area contributed by atoms with E-state index in [4.69, 9.17) is 0 Å². The van der Waals surface area contributed by atoms with Crippen molar-refractivity contribution in [3.63, 3.8) is 0 Å². The van der Waals surface area contributed by atoms with Gasteiger partial charge in [-0.3, -0.25) is 24.2 Å². The molecule has 0 spiro atoms. The summed E-state index contributed by atoms with van der Waals surface area (Å²) in [5, 5.41) is 2.37. The zero-order chi connectivity index (χ0) is 21.0. The Labute approximate surface area is 174 Å². The maximum absolute atomic E-state index is 13.8. The van der Waals surface area contributed by atoms with Gasteiger partial charge in [-0.1, -0.05) is 32.0 Å². The third kappa shape index (κ3) is 5.67. The number of imide groups is 1. The highest BCUT2D eigenvalue weighted by Crippen LogP contribution is 2.32. The molecule has 2 heterocycles. The highest BCUT2D eigenvalue weighted by Gasteiger charge is 2.35. The van der Waals surface area contributed by atoms with Crippen LogP contribution in [0.25, 0.3) is 6.08 Å². The highest BCUT2D eigenvalue weighted by molar-refractivity contribution is 8.18. The Morgan fingerprint density at radius 3 is 2.62 bits per heavy atom. The van der Waals surface area contributed by atoms with Crippen LogP contribution in [0.3, 0.4) is 0 Å². The van der Waals surface area contributed by atoms with Gasteiger partial charge < -0.3 is 5.32 Å². The number of benzene rings is 1. The summed E-state index contributed by atoms with van der Waals surface area (Å²) in [4.78, 5) is 40.2. The van der Waals surface area contributed by atoms with Gasteiger partial charge in [0.05, 0.1) is 11.4 Å². The van der Waals surface area contributed by atoms with E-state index in [2.05, 4.69) is 24.1 Å². The molecule has 0 aliphatic carbocycles. The van der Waals surface area contributed by atoms with E-state index < -0.39 is 17.0 Å². The average Bonchev–Trinajstić information content (AvgIpc) is 2.90. The number of piperidine rings is 1. The Morgan fingerprint density at radius 1 is 1.24 bits per heavy atom. The van der Waals surface area contributed by atoms with Gasteiger partial charge in [0.25, 0.3) is 11.1 Å². The van der Waals surface area contributed by atoms with Crippen molar-refractivity contribution in [2.75, 3.05) is 32.7 Å². The van der Waals surface area contributed by atoms with Crippen LogP contribution < -0.4 is 5.32 Å². The molecule has 2 atom stereocenters.